The van der Waals surface area contributed by atoms with E-state index < -0.39 is 0 Å². The van der Waals surface area contributed by atoms with Crippen LogP contribution in [-0.4, -0.2) is 29.3 Å². The Morgan fingerprint density at radius 1 is 1.44 bits per heavy atom. The van der Waals surface area contributed by atoms with Crippen LogP contribution < -0.4 is 4.90 Å². The molecular weight excluding hydrogens is 224 g/mol. The lowest BCUT2D eigenvalue weighted by Crippen LogP contribution is -2.41. The highest BCUT2D eigenvalue weighted by atomic mass is 35.5. The van der Waals surface area contributed by atoms with Crippen molar-refractivity contribution in [1.29, 1.82) is 0 Å². The SMILES string of the molecule is OCCCN(c1ccc(Cl)cn1)C1CCC1. The number of hydrogen-bond acceptors (Lipinski definition) is 3. The van der Waals surface area contributed by atoms with E-state index in [2.05, 4.69) is 9.88 Å². The van der Waals surface area contributed by atoms with Crippen molar-refractivity contribution in [3.8, 4) is 0 Å². The van der Waals surface area contributed by atoms with E-state index in [-0.39, 0.29) is 6.61 Å². The molecule has 1 heterocycles. The van der Waals surface area contributed by atoms with Crippen molar-refractivity contribution in [2.75, 3.05) is 18.1 Å². The summed E-state index contributed by atoms with van der Waals surface area (Å²) in [5.74, 6) is 0.975. The van der Waals surface area contributed by atoms with Gasteiger partial charge in [0.1, 0.15) is 5.82 Å². The second-order valence-electron chi connectivity index (χ2n) is 4.19. The lowest BCUT2D eigenvalue weighted by Gasteiger charge is -2.38. The van der Waals surface area contributed by atoms with Crippen LogP contribution in [0.5, 0.6) is 0 Å². The Labute approximate surface area is 101 Å². The smallest absolute Gasteiger partial charge is 0.128 e. The molecule has 4 heteroatoms. The Kier molecular flexibility index (Phi) is 4.02. The molecule has 2 rings (SSSR count). The quantitative estimate of drug-likeness (QED) is 0.859. The number of halogens is 1. The molecule has 0 radical (unpaired) electrons. The van der Waals surface area contributed by atoms with Crippen molar-refractivity contribution in [2.45, 2.75) is 31.7 Å². The molecule has 0 amide bonds. The Hall–Kier alpha value is -0.800. The number of hydrogen-bond donors (Lipinski definition) is 1. The minimum Gasteiger partial charge on any atom is -0.396 e. The average Bonchev–Trinajstić information content (AvgIpc) is 2.23. The fourth-order valence-electron chi connectivity index (χ4n) is 1.96. The van der Waals surface area contributed by atoms with Crippen molar-refractivity contribution in [1.82, 2.24) is 4.98 Å². The van der Waals surface area contributed by atoms with Crippen molar-refractivity contribution >= 4 is 17.4 Å². The Morgan fingerprint density at radius 3 is 2.75 bits per heavy atom. The zero-order valence-corrected chi connectivity index (χ0v) is 10.0. The number of nitrogens with zero attached hydrogens (tertiary/aromatic N) is 2. The molecule has 1 aromatic rings. The molecule has 0 saturated heterocycles. The lowest BCUT2D eigenvalue weighted by atomic mass is 9.91. The molecule has 1 aliphatic carbocycles. The highest BCUT2D eigenvalue weighted by molar-refractivity contribution is 6.30. The van der Waals surface area contributed by atoms with E-state index in [0.717, 1.165) is 18.8 Å². The van der Waals surface area contributed by atoms with E-state index in [1.165, 1.54) is 19.3 Å². The van der Waals surface area contributed by atoms with E-state index in [1.54, 1.807) is 6.20 Å². The third-order valence-electron chi connectivity index (χ3n) is 3.08. The van der Waals surface area contributed by atoms with Crippen LogP contribution in [0.3, 0.4) is 0 Å². The van der Waals surface area contributed by atoms with Crippen molar-refractivity contribution < 1.29 is 5.11 Å². The van der Waals surface area contributed by atoms with Gasteiger partial charge >= 0.3 is 0 Å². The van der Waals surface area contributed by atoms with Gasteiger partial charge in [-0.3, -0.25) is 0 Å². The Bertz CT molecular complexity index is 324. The summed E-state index contributed by atoms with van der Waals surface area (Å²) in [5, 5.41) is 9.58. The molecule has 1 aliphatic rings. The van der Waals surface area contributed by atoms with Gasteiger partial charge in [-0.25, -0.2) is 4.98 Å². The standard InChI is InChI=1S/C12H17ClN2O/c13-10-5-6-12(14-9-10)15(7-2-8-16)11-3-1-4-11/h5-6,9,11,16H,1-4,7-8H2. The molecule has 0 atom stereocenters. The molecule has 1 saturated carbocycles. The first-order valence-electron chi connectivity index (χ1n) is 5.80. The van der Waals surface area contributed by atoms with Gasteiger partial charge in [-0.15, -0.1) is 0 Å². The highest BCUT2D eigenvalue weighted by Gasteiger charge is 2.25. The molecule has 88 valence electrons. The summed E-state index contributed by atoms with van der Waals surface area (Å²) in [6.45, 7) is 1.10. The predicted octanol–water partition coefficient (Wildman–Crippen LogP) is 2.48. The fraction of sp³-hybridized carbons (Fsp3) is 0.583. The third-order valence-corrected chi connectivity index (χ3v) is 3.30. The summed E-state index contributed by atoms with van der Waals surface area (Å²) in [5.41, 5.74) is 0. The maximum Gasteiger partial charge on any atom is 0.128 e. The first-order chi connectivity index (χ1) is 7.81. The summed E-state index contributed by atoms with van der Waals surface area (Å²) in [4.78, 5) is 6.63. The van der Waals surface area contributed by atoms with Crippen molar-refractivity contribution in [3.63, 3.8) is 0 Å². The number of aromatic nitrogens is 1. The van der Waals surface area contributed by atoms with Crippen LogP contribution in [0.1, 0.15) is 25.7 Å². The zero-order chi connectivity index (χ0) is 11.4. The number of aliphatic hydroxyl groups excluding tert-OH is 1. The molecule has 0 bridgehead atoms. The van der Waals surface area contributed by atoms with Gasteiger partial charge in [0, 0.05) is 25.4 Å². The van der Waals surface area contributed by atoms with Gasteiger partial charge in [-0.2, -0.15) is 0 Å². The van der Waals surface area contributed by atoms with Crippen LogP contribution in [0.25, 0.3) is 0 Å². The molecule has 3 nitrogen and oxygen atoms in total. The molecular formula is C12H17ClN2O. The molecule has 0 aliphatic heterocycles. The second kappa shape index (κ2) is 5.51. The second-order valence-corrected chi connectivity index (χ2v) is 4.63. The summed E-state index contributed by atoms with van der Waals surface area (Å²) in [7, 11) is 0. The number of aliphatic hydroxyl groups is 1. The van der Waals surface area contributed by atoms with Gasteiger partial charge < -0.3 is 10.0 Å². The van der Waals surface area contributed by atoms with Gasteiger partial charge in [0.2, 0.25) is 0 Å². The van der Waals surface area contributed by atoms with Gasteiger partial charge in [0.05, 0.1) is 5.02 Å². The monoisotopic (exact) mass is 240 g/mol. The topological polar surface area (TPSA) is 36.4 Å². The van der Waals surface area contributed by atoms with Crippen LogP contribution in [-0.2, 0) is 0 Å². The van der Waals surface area contributed by atoms with Gasteiger partial charge in [-0.1, -0.05) is 11.6 Å². The van der Waals surface area contributed by atoms with E-state index in [4.69, 9.17) is 16.7 Å². The normalized spacial score (nSPS) is 15.9. The van der Waals surface area contributed by atoms with Crippen LogP contribution in [0.4, 0.5) is 5.82 Å². The molecule has 1 aromatic heterocycles. The van der Waals surface area contributed by atoms with Gasteiger partial charge in [0.25, 0.3) is 0 Å². The molecule has 1 N–H and O–H groups in total. The molecule has 0 aromatic carbocycles. The number of pyridine rings is 1. The summed E-state index contributed by atoms with van der Waals surface area (Å²) >= 11 is 5.83. The van der Waals surface area contributed by atoms with E-state index in [9.17, 15) is 0 Å². The minimum absolute atomic E-state index is 0.233. The zero-order valence-electron chi connectivity index (χ0n) is 9.27. The van der Waals surface area contributed by atoms with E-state index in [1.807, 2.05) is 12.1 Å². The van der Waals surface area contributed by atoms with Crippen LogP contribution >= 0.6 is 11.6 Å². The van der Waals surface area contributed by atoms with Crippen LogP contribution in [0.2, 0.25) is 5.02 Å². The number of anilines is 1. The minimum atomic E-state index is 0.233. The molecule has 0 spiro atoms. The average molecular weight is 241 g/mol. The largest absolute Gasteiger partial charge is 0.396 e. The van der Waals surface area contributed by atoms with E-state index >= 15 is 0 Å². The summed E-state index contributed by atoms with van der Waals surface area (Å²) < 4.78 is 0. The third kappa shape index (κ3) is 2.66. The first-order valence-corrected chi connectivity index (χ1v) is 6.18. The maximum atomic E-state index is 8.91. The first kappa shape index (κ1) is 11.7. The maximum absolute atomic E-state index is 8.91. The van der Waals surface area contributed by atoms with Crippen LogP contribution in [0, 0.1) is 0 Å². The summed E-state index contributed by atoms with van der Waals surface area (Å²) in [6.07, 6.45) is 6.24. The van der Waals surface area contributed by atoms with Crippen molar-refractivity contribution in [3.05, 3.63) is 23.4 Å². The van der Waals surface area contributed by atoms with Gasteiger partial charge in [-0.05, 0) is 37.8 Å². The fourth-order valence-corrected chi connectivity index (χ4v) is 2.07. The Balaban J connectivity index is 2.07. The predicted molar refractivity (Wildman–Crippen MR) is 65.9 cm³/mol. The van der Waals surface area contributed by atoms with Crippen LogP contribution in [0.15, 0.2) is 18.3 Å². The van der Waals surface area contributed by atoms with Gasteiger partial charge in [0.15, 0.2) is 0 Å². The highest BCUT2D eigenvalue weighted by Crippen LogP contribution is 2.28. The van der Waals surface area contributed by atoms with Crippen molar-refractivity contribution in [2.24, 2.45) is 0 Å². The number of rotatable bonds is 5. The molecule has 1 fully saturated rings. The molecule has 16 heavy (non-hydrogen) atoms. The summed E-state index contributed by atoms with van der Waals surface area (Å²) in [6, 6.07) is 4.42. The Morgan fingerprint density at radius 2 is 2.25 bits per heavy atom. The molecule has 0 unspecified atom stereocenters. The lowest BCUT2D eigenvalue weighted by molar-refractivity contribution is 0.282. The van der Waals surface area contributed by atoms with E-state index in [0.29, 0.717) is 11.1 Å².